The molecule has 7 nitrogen and oxygen atoms in total. The average Bonchev–Trinajstić information content (AvgIpc) is 3.25. The van der Waals surface area contributed by atoms with Gasteiger partial charge in [0, 0.05) is 38.2 Å². The van der Waals surface area contributed by atoms with E-state index in [1.165, 1.54) is 0 Å². The molecule has 2 amide bonds. The van der Waals surface area contributed by atoms with Gasteiger partial charge in [-0.3, -0.25) is 4.79 Å². The molecule has 2 fully saturated rings. The molecule has 4 rings (SSSR count). The van der Waals surface area contributed by atoms with E-state index in [1.54, 1.807) is 11.1 Å². The van der Waals surface area contributed by atoms with Crippen LogP contribution in [0.3, 0.4) is 0 Å². The van der Waals surface area contributed by atoms with Gasteiger partial charge in [-0.1, -0.05) is 6.42 Å². The zero-order valence-electron chi connectivity index (χ0n) is 13.3. The predicted molar refractivity (Wildman–Crippen MR) is 86.4 cm³/mol. The second-order valence-electron chi connectivity index (χ2n) is 6.82. The fraction of sp³-hybridized carbons (Fsp3) is 0.471. The Morgan fingerprint density at radius 2 is 2.29 bits per heavy atom. The van der Waals surface area contributed by atoms with Crippen molar-refractivity contribution in [2.45, 2.75) is 25.8 Å². The first kappa shape index (κ1) is 15.0. The Morgan fingerprint density at radius 3 is 3.08 bits per heavy atom. The number of carboxylic acid groups (broad SMARTS) is 1. The van der Waals surface area contributed by atoms with Crippen molar-refractivity contribution >= 4 is 17.6 Å². The molecular weight excluding hydrogens is 308 g/mol. The number of likely N-dealkylation sites (tertiary alicyclic amines) is 1. The molecule has 0 spiro atoms. The monoisotopic (exact) mass is 328 g/mol. The summed E-state index contributed by atoms with van der Waals surface area (Å²) < 4.78 is 1.91. The summed E-state index contributed by atoms with van der Waals surface area (Å²) in [4.78, 5) is 30.0. The van der Waals surface area contributed by atoms with Crippen LogP contribution < -0.4 is 5.32 Å². The zero-order valence-corrected chi connectivity index (χ0v) is 13.3. The molecule has 0 radical (unpaired) electrons. The lowest BCUT2D eigenvalue weighted by atomic mass is 9.81. The summed E-state index contributed by atoms with van der Waals surface area (Å²) in [5.74, 6) is -0.674. The molecule has 24 heavy (non-hydrogen) atoms. The van der Waals surface area contributed by atoms with E-state index in [-0.39, 0.29) is 11.9 Å². The lowest BCUT2D eigenvalue weighted by Gasteiger charge is -2.23. The van der Waals surface area contributed by atoms with E-state index in [0.29, 0.717) is 26.1 Å². The van der Waals surface area contributed by atoms with Gasteiger partial charge in [-0.2, -0.15) is 0 Å². The number of nitrogens with zero attached hydrogens (tertiary/aromatic N) is 3. The van der Waals surface area contributed by atoms with Crippen LogP contribution in [-0.4, -0.2) is 44.5 Å². The summed E-state index contributed by atoms with van der Waals surface area (Å²) >= 11 is 0. The maximum absolute atomic E-state index is 12.4. The Hall–Kier alpha value is -2.57. The molecule has 1 saturated carbocycles. The van der Waals surface area contributed by atoms with Crippen LogP contribution in [0.4, 0.5) is 4.79 Å². The summed E-state index contributed by atoms with van der Waals surface area (Å²) in [6, 6.07) is 3.68. The van der Waals surface area contributed by atoms with Crippen molar-refractivity contribution in [2.75, 3.05) is 13.1 Å². The third kappa shape index (κ3) is 2.31. The average molecular weight is 328 g/mol. The van der Waals surface area contributed by atoms with Gasteiger partial charge in [-0.05, 0) is 36.5 Å². The maximum atomic E-state index is 12.4. The summed E-state index contributed by atoms with van der Waals surface area (Å²) in [6.45, 7) is 1.26. The van der Waals surface area contributed by atoms with Gasteiger partial charge in [-0.25, -0.2) is 9.78 Å². The van der Waals surface area contributed by atoms with Crippen LogP contribution in [0.5, 0.6) is 0 Å². The summed E-state index contributed by atoms with van der Waals surface area (Å²) in [5.41, 5.74) is 1.07. The molecule has 2 N–H and O–H groups in total. The van der Waals surface area contributed by atoms with Gasteiger partial charge in [-0.15, -0.1) is 0 Å². The third-order valence-electron chi connectivity index (χ3n) is 5.49. The first-order valence-electron chi connectivity index (χ1n) is 8.26. The Labute approximate surface area is 139 Å². The van der Waals surface area contributed by atoms with Crippen LogP contribution in [0.15, 0.2) is 30.7 Å². The minimum atomic E-state index is -0.759. The Bertz CT molecular complexity index is 802. The summed E-state index contributed by atoms with van der Waals surface area (Å²) in [7, 11) is 0. The number of imidazole rings is 1. The van der Waals surface area contributed by atoms with E-state index in [1.807, 2.05) is 28.9 Å². The van der Waals surface area contributed by atoms with Crippen LogP contribution >= 0.6 is 0 Å². The minimum Gasteiger partial charge on any atom is -0.481 e. The number of rotatable bonds is 3. The lowest BCUT2D eigenvalue weighted by Crippen LogP contribution is -2.41. The lowest BCUT2D eigenvalue weighted by molar-refractivity contribution is -0.149. The molecule has 3 heterocycles. The number of aliphatic carboxylic acids is 1. The SMILES string of the molecule is O=C(NCc1ccn2ccnc2c1)N1C[C@@H]2CCC[C@@]2(C(=O)O)C1. The van der Waals surface area contributed by atoms with E-state index in [9.17, 15) is 14.7 Å². The van der Waals surface area contributed by atoms with Crippen LogP contribution in [0.1, 0.15) is 24.8 Å². The van der Waals surface area contributed by atoms with Crippen LogP contribution in [-0.2, 0) is 11.3 Å². The predicted octanol–water partition coefficient (Wildman–Crippen LogP) is 1.73. The molecule has 1 aliphatic carbocycles. The standard InChI is InChI=1S/C17H20N4O3/c22-15(23)17-4-1-2-13(17)10-21(11-17)16(24)19-9-12-3-6-20-7-5-18-14(20)8-12/h3,5-8,13H,1-2,4,9-11H2,(H,19,24)(H,22,23)/t13-,17+/m0/s1. The van der Waals surface area contributed by atoms with E-state index >= 15 is 0 Å². The van der Waals surface area contributed by atoms with Gasteiger partial charge in [0.15, 0.2) is 0 Å². The molecule has 7 heteroatoms. The first-order chi connectivity index (χ1) is 11.6. The fourth-order valence-corrected chi connectivity index (χ4v) is 4.15. The van der Waals surface area contributed by atoms with Crippen molar-refractivity contribution in [1.82, 2.24) is 19.6 Å². The van der Waals surface area contributed by atoms with Crippen molar-refractivity contribution in [3.63, 3.8) is 0 Å². The quantitative estimate of drug-likeness (QED) is 0.898. The number of hydrogen-bond acceptors (Lipinski definition) is 3. The Kier molecular flexibility index (Phi) is 3.44. The topological polar surface area (TPSA) is 86.9 Å². The number of pyridine rings is 1. The van der Waals surface area contributed by atoms with E-state index in [2.05, 4.69) is 10.3 Å². The molecule has 2 aliphatic rings. The highest BCUT2D eigenvalue weighted by atomic mass is 16.4. The van der Waals surface area contributed by atoms with Gasteiger partial charge in [0.25, 0.3) is 0 Å². The van der Waals surface area contributed by atoms with Gasteiger partial charge in [0.2, 0.25) is 0 Å². The minimum absolute atomic E-state index is 0.0852. The van der Waals surface area contributed by atoms with Crippen LogP contribution in [0.25, 0.3) is 5.65 Å². The van der Waals surface area contributed by atoms with Crippen LogP contribution in [0.2, 0.25) is 0 Å². The summed E-state index contributed by atoms with van der Waals surface area (Å²) in [5, 5.41) is 12.5. The van der Waals surface area contributed by atoms with E-state index in [4.69, 9.17) is 0 Å². The van der Waals surface area contributed by atoms with Crippen molar-refractivity contribution in [2.24, 2.45) is 11.3 Å². The second kappa shape index (κ2) is 5.51. The molecule has 2 aromatic heterocycles. The van der Waals surface area contributed by atoms with Gasteiger partial charge < -0.3 is 19.7 Å². The number of nitrogens with one attached hydrogen (secondary N) is 1. The largest absolute Gasteiger partial charge is 0.481 e. The van der Waals surface area contributed by atoms with Gasteiger partial charge >= 0.3 is 12.0 Å². The second-order valence-corrected chi connectivity index (χ2v) is 6.82. The fourth-order valence-electron chi connectivity index (χ4n) is 4.15. The number of urea groups is 1. The number of hydrogen-bond donors (Lipinski definition) is 2. The van der Waals surface area contributed by atoms with Crippen LogP contribution in [0, 0.1) is 11.3 Å². The Balaban J connectivity index is 1.41. The Morgan fingerprint density at radius 1 is 1.42 bits per heavy atom. The molecule has 2 aromatic rings. The van der Waals surface area contributed by atoms with E-state index in [0.717, 1.165) is 24.1 Å². The van der Waals surface area contributed by atoms with Crippen molar-refractivity contribution < 1.29 is 14.7 Å². The van der Waals surface area contributed by atoms with Gasteiger partial charge in [0.05, 0.1) is 5.41 Å². The molecule has 1 saturated heterocycles. The molecular formula is C17H20N4O3. The number of amides is 2. The van der Waals surface area contributed by atoms with Crippen molar-refractivity contribution in [1.29, 1.82) is 0 Å². The highest BCUT2D eigenvalue weighted by Gasteiger charge is 2.55. The van der Waals surface area contributed by atoms with E-state index < -0.39 is 11.4 Å². The first-order valence-corrected chi connectivity index (χ1v) is 8.26. The number of carbonyl (C=O) groups is 2. The smallest absolute Gasteiger partial charge is 0.317 e. The molecule has 126 valence electrons. The summed E-state index contributed by atoms with van der Waals surface area (Å²) in [6.07, 6.45) is 8.01. The molecule has 0 unspecified atom stereocenters. The number of carboxylic acids is 1. The molecule has 0 aromatic carbocycles. The molecule has 1 aliphatic heterocycles. The molecule has 2 atom stereocenters. The van der Waals surface area contributed by atoms with Crippen molar-refractivity contribution in [3.05, 3.63) is 36.3 Å². The number of aromatic nitrogens is 2. The van der Waals surface area contributed by atoms with Crippen molar-refractivity contribution in [3.8, 4) is 0 Å². The third-order valence-corrected chi connectivity index (χ3v) is 5.49. The zero-order chi connectivity index (χ0) is 16.7. The highest BCUT2D eigenvalue weighted by Crippen LogP contribution is 2.48. The highest BCUT2D eigenvalue weighted by molar-refractivity contribution is 5.80. The normalized spacial score (nSPS) is 25.8. The molecule has 0 bridgehead atoms. The number of fused-ring (bicyclic) bond motifs is 2. The maximum Gasteiger partial charge on any atom is 0.317 e. The van der Waals surface area contributed by atoms with Gasteiger partial charge in [0.1, 0.15) is 5.65 Å². The number of carbonyl (C=O) groups excluding carboxylic acids is 1.